The van der Waals surface area contributed by atoms with Crippen molar-refractivity contribution in [3.8, 4) is 0 Å². The van der Waals surface area contributed by atoms with Gasteiger partial charge in [-0.2, -0.15) is 5.10 Å². The number of carbonyl (C=O) groups is 3. The van der Waals surface area contributed by atoms with E-state index in [2.05, 4.69) is 5.10 Å². The molecule has 1 aliphatic carbocycles. The number of hydrogen-bond donors (Lipinski definition) is 0. The normalized spacial score (nSPS) is 16.0. The third-order valence-corrected chi connectivity index (χ3v) is 7.56. The zero-order valence-corrected chi connectivity index (χ0v) is 20.8. The highest BCUT2D eigenvalue weighted by molar-refractivity contribution is 8.00. The Morgan fingerprint density at radius 1 is 1.03 bits per heavy atom. The number of ether oxygens (including phenoxy) is 1. The van der Waals surface area contributed by atoms with Gasteiger partial charge in [0.1, 0.15) is 0 Å². The SMILES string of the molecule is CN(C(=O)CSc1ccccc1C(=O)OCC(=O)N1CCC(c2ccccc2)=N1)C1CCCCC1. The van der Waals surface area contributed by atoms with E-state index in [0.29, 0.717) is 29.5 Å². The summed E-state index contributed by atoms with van der Waals surface area (Å²) in [5, 5.41) is 5.75. The molecule has 0 unspecified atom stereocenters. The van der Waals surface area contributed by atoms with Crippen molar-refractivity contribution in [2.24, 2.45) is 5.10 Å². The van der Waals surface area contributed by atoms with E-state index < -0.39 is 5.97 Å². The van der Waals surface area contributed by atoms with E-state index in [1.165, 1.54) is 36.0 Å². The van der Waals surface area contributed by atoms with E-state index >= 15 is 0 Å². The molecule has 0 radical (unpaired) electrons. The lowest BCUT2D eigenvalue weighted by Gasteiger charge is -2.31. The maximum absolute atomic E-state index is 12.8. The molecule has 1 saturated carbocycles. The molecule has 0 N–H and O–H groups in total. The minimum atomic E-state index is -0.582. The van der Waals surface area contributed by atoms with E-state index in [9.17, 15) is 14.4 Å². The van der Waals surface area contributed by atoms with E-state index in [1.54, 1.807) is 18.2 Å². The maximum atomic E-state index is 12.8. The number of nitrogens with zero attached hydrogens (tertiary/aromatic N) is 3. The molecule has 4 rings (SSSR count). The summed E-state index contributed by atoms with van der Waals surface area (Å²) in [6.07, 6.45) is 6.34. The summed E-state index contributed by atoms with van der Waals surface area (Å²) in [5.41, 5.74) is 2.18. The van der Waals surface area contributed by atoms with Gasteiger partial charge in [0.25, 0.3) is 5.91 Å². The first kappa shape index (κ1) is 25.0. The number of esters is 1. The molecule has 2 aromatic carbocycles. The predicted octanol–water partition coefficient (Wildman–Crippen LogP) is 4.36. The lowest BCUT2D eigenvalue weighted by Crippen LogP contribution is -2.39. The van der Waals surface area contributed by atoms with Crippen molar-refractivity contribution in [2.75, 3.05) is 26.0 Å². The van der Waals surface area contributed by atoms with Crippen LogP contribution in [0.5, 0.6) is 0 Å². The highest BCUT2D eigenvalue weighted by Crippen LogP contribution is 2.26. The standard InChI is InChI=1S/C27H31N3O4S/c1-29(21-12-6-3-7-13-21)26(32)19-35-24-15-9-8-14-22(24)27(33)34-18-25(31)30-17-16-23(28-30)20-10-4-2-5-11-20/h2,4-5,8-11,14-15,21H,3,6-7,12-13,16-19H2,1H3. The topological polar surface area (TPSA) is 79.3 Å². The number of thioether (sulfide) groups is 1. The average molecular weight is 494 g/mol. The fourth-order valence-electron chi connectivity index (χ4n) is 4.42. The van der Waals surface area contributed by atoms with Crippen LogP contribution in [0.1, 0.15) is 54.4 Å². The van der Waals surface area contributed by atoms with Crippen molar-refractivity contribution in [1.82, 2.24) is 9.91 Å². The minimum Gasteiger partial charge on any atom is -0.452 e. The quantitative estimate of drug-likeness (QED) is 0.403. The third-order valence-electron chi connectivity index (χ3n) is 6.50. The molecule has 0 aromatic heterocycles. The highest BCUT2D eigenvalue weighted by atomic mass is 32.2. The number of rotatable bonds is 8. The lowest BCUT2D eigenvalue weighted by atomic mass is 9.94. The van der Waals surface area contributed by atoms with Crippen LogP contribution in [-0.2, 0) is 14.3 Å². The van der Waals surface area contributed by atoms with Crippen LogP contribution in [0.4, 0.5) is 0 Å². The average Bonchev–Trinajstić information content (AvgIpc) is 3.41. The zero-order chi connectivity index (χ0) is 24.6. The van der Waals surface area contributed by atoms with Gasteiger partial charge in [-0.05, 0) is 30.5 Å². The van der Waals surface area contributed by atoms with Crippen molar-refractivity contribution in [3.63, 3.8) is 0 Å². The molecule has 7 nitrogen and oxygen atoms in total. The molecule has 1 aliphatic heterocycles. The van der Waals surface area contributed by atoms with E-state index in [4.69, 9.17) is 4.74 Å². The van der Waals surface area contributed by atoms with Crippen LogP contribution in [0, 0.1) is 0 Å². The van der Waals surface area contributed by atoms with Gasteiger partial charge in [-0.25, -0.2) is 9.80 Å². The lowest BCUT2D eigenvalue weighted by molar-refractivity contribution is -0.134. The molecular weight excluding hydrogens is 462 g/mol. The van der Waals surface area contributed by atoms with Crippen LogP contribution < -0.4 is 0 Å². The van der Waals surface area contributed by atoms with E-state index in [0.717, 1.165) is 24.1 Å². The van der Waals surface area contributed by atoms with E-state index in [1.807, 2.05) is 48.3 Å². The van der Waals surface area contributed by atoms with Crippen LogP contribution in [0.2, 0.25) is 0 Å². The summed E-state index contributed by atoms with van der Waals surface area (Å²) < 4.78 is 5.33. The van der Waals surface area contributed by atoms with Gasteiger partial charge in [0.2, 0.25) is 5.91 Å². The predicted molar refractivity (Wildman–Crippen MR) is 136 cm³/mol. The van der Waals surface area contributed by atoms with Gasteiger partial charge < -0.3 is 9.64 Å². The molecule has 1 fully saturated rings. The molecule has 1 heterocycles. The fraction of sp³-hybridized carbons (Fsp3) is 0.407. The molecule has 2 aromatic rings. The van der Waals surface area contributed by atoms with Crippen molar-refractivity contribution in [3.05, 3.63) is 65.7 Å². The van der Waals surface area contributed by atoms with Crippen LogP contribution in [0.15, 0.2) is 64.6 Å². The molecule has 8 heteroatoms. The summed E-state index contributed by atoms with van der Waals surface area (Å²) in [7, 11) is 1.87. The fourth-order valence-corrected chi connectivity index (χ4v) is 5.39. The molecule has 2 amide bonds. The Balaban J connectivity index is 1.30. The zero-order valence-electron chi connectivity index (χ0n) is 20.0. The third kappa shape index (κ3) is 6.51. The maximum Gasteiger partial charge on any atom is 0.339 e. The molecule has 0 spiro atoms. The molecule has 35 heavy (non-hydrogen) atoms. The Kier molecular flexibility index (Phi) is 8.58. The number of amides is 2. The van der Waals surface area contributed by atoms with Gasteiger partial charge in [-0.15, -0.1) is 11.8 Å². The summed E-state index contributed by atoms with van der Waals surface area (Å²) in [4.78, 5) is 40.6. The number of hydrazone groups is 1. The van der Waals surface area contributed by atoms with Gasteiger partial charge in [0.15, 0.2) is 6.61 Å². The Morgan fingerprint density at radius 2 is 1.74 bits per heavy atom. The van der Waals surface area contributed by atoms with E-state index in [-0.39, 0.29) is 24.2 Å². The van der Waals surface area contributed by atoms with Gasteiger partial charge in [-0.1, -0.05) is 61.7 Å². The smallest absolute Gasteiger partial charge is 0.339 e. The first-order valence-electron chi connectivity index (χ1n) is 12.1. The Labute approximate surface area is 210 Å². The second kappa shape index (κ2) is 12.0. The monoisotopic (exact) mass is 493 g/mol. The van der Waals surface area contributed by atoms with Gasteiger partial charge in [0, 0.05) is 24.4 Å². The van der Waals surface area contributed by atoms with Crippen molar-refractivity contribution >= 4 is 35.3 Å². The van der Waals surface area contributed by atoms with Gasteiger partial charge in [0.05, 0.1) is 23.6 Å². The first-order chi connectivity index (χ1) is 17.0. The van der Waals surface area contributed by atoms with Crippen LogP contribution in [0.25, 0.3) is 0 Å². The summed E-state index contributed by atoms with van der Waals surface area (Å²) in [6, 6.07) is 17.0. The molecular formula is C27H31N3O4S. The summed E-state index contributed by atoms with van der Waals surface area (Å²) in [6.45, 7) is 0.0798. The van der Waals surface area contributed by atoms with Gasteiger partial charge >= 0.3 is 5.97 Å². The molecule has 0 bridgehead atoms. The molecule has 0 atom stereocenters. The van der Waals surface area contributed by atoms with Crippen LogP contribution in [-0.4, -0.2) is 65.4 Å². The van der Waals surface area contributed by atoms with Crippen LogP contribution >= 0.6 is 11.8 Å². The Hall–Kier alpha value is -3.13. The number of benzene rings is 2. The van der Waals surface area contributed by atoms with Crippen LogP contribution in [0.3, 0.4) is 0 Å². The highest BCUT2D eigenvalue weighted by Gasteiger charge is 2.25. The van der Waals surface area contributed by atoms with Crippen molar-refractivity contribution in [1.29, 1.82) is 0 Å². The first-order valence-corrected chi connectivity index (χ1v) is 13.1. The molecule has 184 valence electrons. The van der Waals surface area contributed by atoms with Crippen molar-refractivity contribution in [2.45, 2.75) is 49.5 Å². The molecule has 0 saturated heterocycles. The minimum absolute atomic E-state index is 0.0568. The second-order valence-corrected chi connectivity index (χ2v) is 9.85. The van der Waals surface area contributed by atoms with Gasteiger partial charge in [-0.3, -0.25) is 9.59 Å². The summed E-state index contributed by atoms with van der Waals surface area (Å²) >= 11 is 1.32. The Bertz CT molecular complexity index is 1080. The number of carbonyl (C=O) groups excluding carboxylic acids is 3. The Morgan fingerprint density at radius 3 is 2.51 bits per heavy atom. The largest absolute Gasteiger partial charge is 0.452 e. The molecule has 2 aliphatic rings. The summed E-state index contributed by atoms with van der Waals surface area (Å²) in [5.74, 6) is -0.637. The van der Waals surface area contributed by atoms with Crippen molar-refractivity contribution < 1.29 is 19.1 Å². The second-order valence-electron chi connectivity index (χ2n) is 8.84. The number of hydrogen-bond acceptors (Lipinski definition) is 6.